The topological polar surface area (TPSA) is 84.7 Å². The average molecular weight is 299 g/mol. The lowest BCUT2D eigenvalue weighted by Crippen LogP contribution is -2.46. The molecule has 6 nitrogen and oxygen atoms in total. The summed E-state index contributed by atoms with van der Waals surface area (Å²) in [6.45, 7) is 2.57. The molecule has 112 valence electrons. The molecule has 1 aromatic carbocycles. The Morgan fingerprint density at radius 1 is 1.40 bits per heavy atom. The van der Waals surface area contributed by atoms with Crippen LogP contribution in [0, 0.1) is 0 Å². The van der Waals surface area contributed by atoms with Crippen LogP contribution in [0.3, 0.4) is 0 Å². The summed E-state index contributed by atoms with van der Waals surface area (Å²) in [5.41, 5.74) is 6.91. The molecule has 1 heterocycles. The van der Waals surface area contributed by atoms with Crippen molar-refractivity contribution in [3.05, 3.63) is 29.8 Å². The second kappa shape index (κ2) is 6.53. The van der Waals surface area contributed by atoms with Gasteiger partial charge >= 0.3 is 0 Å². The summed E-state index contributed by atoms with van der Waals surface area (Å²) in [4.78, 5) is 2.13. The molecule has 0 spiro atoms. The maximum atomic E-state index is 12.0. The van der Waals surface area contributed by atoms with Gasteiger partial charge in [-0.15, -0.1) is 0 Å². The minimum absolute atomic E-state index is 0.0458. The van der Waals surface area contributed by atoms with Crippen molar-refractivity contribution in [1.82, 2.24) is 9.62 Å². The average Bonchev–Trinajstić information content (AvgIpc) is 2.39. The van der Waals surface area contributed by atoms with E-state index in [2.05, 4.69) is 9.62 Å². The van der Waals surface area contributed by atoms with E-state index in [0.717, 1.165) is 13.1 Å². The van der Waals surface area contributed by atoms with E-state index >= 15 is 0 Å². The molecular weight excluding hydrogens is 278 g/mol. The van der Waals surface area contributed by atoms with Crippen molar-refractivity contribution in [2.45, 2.75) is 11.9 Å². The number of likely N-dealkylation sites (N-methyl/N-ethyl adjacent to an activating group) is 1. The van der Waals surface area contributed by atoms with E-state index < -0.39 is 10.0 Å². The molecule has 0 aliphatic carbocycles. The highest BCUT2D eigenvalue weighted by Crippen LogP contribution is 2.09. The number of ether oxygens (including phenoxy) is 1. The van der Waals surface area contributed by atoms with E-state index in [-0.39, 0.29) is 11.9 Å². The number of nitrogens with two attached hydrogens (primary N) is 1. The highest BCUT2D eigenvalue weighted by molar-refractivity contribution is 7.88. The number of nitrogens with one attached hydrogen (secondary N) is 1. The highest BCUT2D eigenvalue weighted by Gasteiger charge is 2.20. The van der Waals surface area contributed by atoms with E-state index in [1.54, 1.807) is 24.3 Å². The quantitative estimate of drug-likeness (QED) is 0.749. The molecule has 0 amide bonds. The van der Waals surface area contributed by atoms with Crippen LogP contribution in [0.5, 0.6) is 0 Å². The Bertz CT molecular complexity index is 530. The minimum Gasteiger partial charge on any atom is -0.399 e. The Labute approximate surface area is 120 Å². The summed E-state index contributed by atoms with van der Waals surface area (Å²) >= 11 is 0. The van der Waals surface area contributed by atoms with Crippen molar-refractivity contribution >= 4 is 15.7 Å². The van der Waals surface area contributed by atoms with E-state index in [0.29, 0.717) is 24.4 Å². The number of sulfonamides is 1. The van der Waals surface area contributed by atoms with Gasteiger partial charge in [0.25, 0.3) is 0 Å². The van der Waals surface area contributed by atoms with Crippen molar-refractivity contribution < 1.29 is 13.2 Å². The molecule has 7 heteroatoms. The zero-order valence-corrected chi connectivity index (χ0v) is 12.4. The second-order valence-electron chi connectivity index (χ2n) is 5.10. The predicted octanol–water partition coefficient (Wildman–Crippen LogP) is 0.0188. The third-order valence-corrected chi connectivity index (χ3v) is 4.53. The van der Waals surface area contributed by atoms with Crippen LogP contribution in [0.1, 0.15) is 5.56 Å². The Hall–Kier alpha value is -1.15. The first-order valence-electron chi connectivity index (χ1n) is 6.56. The van der Waals surface area contributed by atoms with Gasteiger partial charge in [0.15, 0.2) is 0 Å². The standard InChI is InChI=1S/C13H21N3O3S/c1-16-6-7-19-13(9-16)8-15-20(17,18)10-11-2-4-12(14)5-3-11/h2-5,13,15H,6-10,14H2,1H3. The number of nitrogen functional groups attached to an aromatic ring is 1. The maximum absolute atomic E-state index is 12.0. The Morgan fingerprint density at radius 3 is 2.75 bits per heavy atom. The molecule has 2 rings (SSSR count). The molecule has 0 bridgehead atoms. The van der Waals surface area contributed by atoms with Crippen LogP contribution in [-0.2, 0) is 20.5 Å². The van der Waals surface area contributed by atoms with Gasteiger partial charge < -0.3 is 15.4 Å². The molecule has 20 heavy (non-hydrogen) atoms. The Balaban J connectivity index is 1.86. The molecule has 1 aliphatic heterocycles. The van der Waals surface area contributed by atoms with Crippen LogP contribution in [0.15, 0.2) is 24.3 Å². The number of hydrogen-bond acceptors (Lipinski definition) is 5. The summed E-state index contributed by atoms with van der Waals surface area (Å²) in [7, 11) is -1.36. The lowest BCUT2D eigenvalue weighted by atomic mass is 10.2. The molecule has 0 aromatic heterocycles. The molecule has 1 aliphatic rings. The summed E-state index contributed by atoms with van der Waals surface area (Å²) in [6, 6.07) is 6.84. The zero-order valence-electron chi connectivity index (χ0n) is 11.6. The van der Waals surface area contributed by atoms with Crippen LogP contribution in [0.2, 0.25) is 0 Å². The maximum Gasteiger partial charge on any atom is 0.215 e. The first-order valence-corrected chi connectivity index (χ1v) is 8.22. The monoisotopic (exact) mass is 299 g/mol. The van der Waals surface area contributed by atoms with Gasteiger partial charge in [0.1, 0.15) is 0 Å². The van der Waals surface area contributed by atoms with Crippen molar-refractivity contribution in [3.63, 3.8) is 0 Å². The summed E-state index contributed by atoms with van der Waals surface area (Å²) in [5, 5.41) is 0. The predicted molar refractivity (Wildman–Crippen MR) is 78.7 cm³/mol. The normalized spacial score (nSPS) is 20.9. The SMILES string of the molecule is CN1CCOC(CNS(=O)(=O)Cc2ccc(N)cc2)C1. The first kappa shape index (κ1) is 15.2. The Kier molecular flexibility index (Phi) is 4.98. The van der Waals surface area contributed by atoms with Crippen molar-refractivity contribution in [3.8, 4) is 0 Å². The molecule has 1 fully saturated rings. The molecule has 1 aromatic rings. The van der Waals surface area contributed by atoms with Gasteiger partial charge in [0.05, 0.1) is 18.5 Å². The van der Waals surface area contributed by atoms with E-state index in [9.17, 15) is 8.42 Å². The Morgan fingerprint density at radius 2 is 2.10 bits per heavy atom. The fourth-order valence-electron chi connectivity index (χ4n) is 2.09. The number of benzene rings is 1. The zero-order chi connectivity index (χ0) is 14.6. The summed E-state index contributed by atoms with van der Waals surface area (Å²) in [5.74, 6) is -0.0458. The largest absolute Gasteiger partial charge is 0.399 e. The van der Waals surface area contributed by atoms with Crippen molar-refractivity contribution in [2.24, 2.45) is 0 Å². The number of nitrogens with zero attached hydrogens (tertiary/aromatic N) is 1. The number of hydrogen-bond donors (Lipinski definition) is 2. The second-order valence-corrected chi connectivity index (χ2v) is 6.91. The van der Waals surface area contributed by atoms with Gasteiger partial charge in [-0.25, -0.2) is 13.1 Å². The first-order chi connectivity index (χ1) is 9.44. The number of anilines is 1. The van der Waals surface area contributed by atoms with Crippen molar-refractivity contribution in [2.75, 3.05) is 39.0 Å². The summed E-state index contributed by atoms with van der Waals surface area (Å²) < 4.78 is 32.1. The van der Waals surface area contributed by atoms with E-state index in [1.165, 1.54) is 0 Å². The van der Waals surface area contributed by atoms with Crippen LogP contribution in [-0.4, -0.2) is 52.7 Å². The highest BCUT2D eigenvalue weighted by atomic mass is 32.2. The molecule has 1 unspecified atom stereocenters. The van der Waals surface area contributed by atoms with Crippen LogP contribution in [0.4, 0.5) is 5.69 Å². The van der Waals surface area contributed by atoms with E-state index in [1.807, 2.05) is 7.05 Å². The third-order valence-electron chi connectivity index (χ3n) is 3.21. The van der Waals surface area contributed by atoms with Gasteiger partial charge in [-0.1, -0.05) is 12.1 Å². The van der Waals surface area contributed by atoms with Crippen molar-refractivity contribution in [1.29, 1.82) is 0 Å². The minimum atomic E-state index is -3.35. The molecule has 0 radical (unpaired) electrons. The molecule has 3 N–H and O–H groups in total. The van der Waals surface area contributed by atoms with E-state index in [4.69, 9.17) is 10.5 Å². The molecule has 1 saturated heterocycles. The van der Waals surface area contributed by atoms with Gasteiger partial charge in [0.2, 0.25) is 10.0 Å². The van der Waals surface area contributed by atoms with Crippen LogP contribution in [0.25, 0.3) is 0 Å². The van der Waals surface area contributed by atoms with Gasteiger partial charge in [-0.2, -0.15) is 0 Å². The van der Waals surface area contributed by atoms with Crippen LogP contribution >= 0.6 is 0 Å². The number of morpholine rings is 1. The van der Waals surface area contributed by atoms with Gasteiger partial charge in [-0.3, -0.25) is 0 Å². The lowest BCUT2D eigenvalue weighted by molar-refractivity contribution is -0.0156. The summed E-state index contributed by atoms with van der Waals surface area (Å²) in [6.07, 6.45) is -0.0880. The van der Waals surface area contributed by atoms with Crippen LogP contribution < -0.4 is 10.5 Å². The molecule has 1 atom stereocenters. The smallest absolute Gasteiger partial charge is 0.215 e. The number of rotatable bonds is 5. The molecular formula is C13H21N3O3S. The van der Waals surface area contributed by atoms with Gasteiger partial charge in [0, 0.05) is 25.3 Å². The third kappa shape index (κ3) is 4.75. The fraction of sp³-hybridized carbons (Fsp3) is 0.538. The lowest BCUT2D eigenvalue weighted by Gasteiger charge is -2.30. The molecule has 0 saturated carbocycles. The van der Waals surface area contributed by atoms with Gasteiger partial charge in [-0.05, 0) is 24.7 Å². The fourth-order valence-corrected chi connectivity index (χ4v) is 3.27.